The molecule has 0 aliphatic carbocycles. The molecule has 0 bridgehead atoms. The maximum absolute atomic E-state index is 12.2. The van der Waals surface area contributed by atoms with Gasteiger partial charge < -0.3 is 14.4 Å². The van der Waals surface area contributed by atoms with Gasteiger partial charge in [0.1, 0.15) is 0 Å². The number of nitrogens with zero attached hydrogens (tertiary/aromatic N) is 1. The quantitative estimate of drug-likeness (QED) is 0.799. The molecule has 2 aliphatic rings. The normalized spacial score (nSPS) is 23.9. The number of hydrogen-bond donors (Lipinski definition) is 0. The Morgan fingerprint density at radius 3 is 2.73 bits per heavy atom. The molecule has 0 radical (unpaired) electrons. The van der Waals surface area contributed by atoms with Gasteiger partial charge in [0.05, 0.1) is 17.6 Å². The molecule has 120 valence electrons. The fourth-order valence-corrected chi connectivity index (χ4v) is 3.70. The molecule has 3 heterocycles. The molecule has 1 spiro atoms. The van der Waals surface area contributed by atoms with Crippen LogP contribution in [0.15, 0.2) is 17.5 Å². The van der Waals surface area contributed by atoms with E-state index >= 15 is 0 Å². The summed E-state index contributed by atoms with van der Waals surface area (Å²) in [4.78, 5) is 26.7. The van der Waals surface area contributed by atoms with Gasteiger partial charge in [-0.3, -0.25) is 9.59 Å². The van der Waals surface area contributed by atoms with Crippen molar-refractivity contribution in [2.75, 3.05) is 19.7 Å². The van der Waals surface area contributed by atoms with Crippen LogP contribution in [-0.2, 0) is 14.3 Å². The van der Waals surface area contributed by atoms with Gasteiger partial charge in [-0.15, -0.1) is 11.3 Å². The first-order valence-corrected chi connectivity index (χ1v) is 8.62. The van der Waals surface area contributed by atoms with Crippen LogP contribution in [0.4, 0.5) is 0 Å². The van der Waals surface area contributed by atoms with E-state index in [1.165, 1.54) is 11.3 Å². The third kappa shape index (κ3) is 3.39. The van der Waals surface area contributed by atoms with Crippen molar-refractivity contribution >= 4 is 23.0 Å². The second kappa shape index (κ2) is 6.48. The molecule has 6 heteroatoms. The number of piperidine rings is 1. The molecule has 0 N–H and O–H groups in total. The van der Waals surface area contributed by atoms with Crippen LogP contribution >= 0.6 is 11.3 Å². The molecule has 2 aliphatic heterocycles. The summed E-state index contributed by atoms with van der Waals surface area (Å²) in [7, 11) is 0. The largest absolute Gasteiger partial charge is 0.347 e. The van der Waals surface area contributed by atoms with Crippen LogP contribution in [0, 0.1) is 0 Å². The number of amides is 1. The molecule has 3 rings (SSSR count). The van der Waals surface area contributed by atoms with Gasteiger partial charge in [-0.25, -0.2) is 0 Å². The maximum Gasteiger partial charge on any atom is 0.223 e. The second-order valence-electron chi connectivity index (χ2n) is 5.93. The van der Waals surface area contributed by atoms with Crippen LogP contribution < -0.4 is 0 Å². The summed E-state index contributed by atoms with van der Waals surface area (Å²) in [6.07, 6.45) is 2.11. The monoisotopic (exact) mass is 323 g/mol. The van der Waals surface area contributed by atoms with E-state index in [1.54, 1.807) is 6.07 Å². The highest BCUT2D eigenvalue weighted by Crippen LogP contribution is 2.34. The number of ether oxygens (including phenoxy) is 2. The second-order valence-corrected chi connectivity index (χ2v) is 6.88. The summed E-state index contributed by atoms with van der Waals surface area (Å²) in [6, 6.07) is 3.66. The van der Waals surface area contributed by atoms with E-state index in [2.05, 4.69) is 0 Å². The number of carbonyl (C=O) groups is 2. The van der Waals surface area contributed by atoms with Crippen molar-refractivity contribution in [2.45, 2.75) is 44.5 Å². The Morgan fingerprint density at radius 2 is 2.14 bits per heavy atom. The molecule has 1 amide bonds. The fraction of sp³-hybridized carbons (Fsp3) is 0.625. The van der Waals surface area contributed by atoms with E-state index < -0.39 is 5.79 Å². The molecule has 1 atom stereocenters. The van der Waals surface area contributed by atoms with Gasteiger partial charge in [-0.1, -0.05) is 6.07 Å². The lowest BCUT2D eigenvalue weighted by molar-refractivity contribution is -0.194. The Kier molecular flexibility index (Phi) is 4.61. The number of carbonyl (C=O) groups excluding carboxylic acids is 2. The highest BCUT2D eigenvalue weighted by Gasteiger charge is 2.43. The van der Waals surface area contributed by atoms with Crippen molar-refractivity contribution in [2.24, 2.45) is 0 Å². The Balaban J connectivity index is 1.45. The smallest absolute Gasteiger partial charge is 0.223 e. The van der Waals surface area contributed by atoms with Crippen molar-refractivity contribution in [1.82, 2.24) is 4.90 Å². The van der Waals surface area contributed by atoms with Gasteiger partial charge in [0, 0.05) is 38.8 Å². The zero-order valence-corrected chi connectivity index (χ0v) is 13.6. The molecule has 0 aromatic carbocycles. The SMILES string of the molecule is CC1COC2(CCN(C(=O)CCC(=O)c3cccs3)CC2)O1. The average molecular weight is 323 g/mol. The van der Waals surface area contributed by atoms with E-state index in [-0.39, 0.29) is 30.6 Å². The van der Waals surface area contributed by atoms with Gasteiger partial charge >= 0.3 is 0 Å². The van der Waals surface area contributed by atoms with Gasteiger partial charge in [0.2, 0.25) is 5.91 Å². The Bertz CT molecular complexity index is 534. The average Bonchev–Trinajstić information content (AvgIpc) is 3.16. The van der Waals surface area contributed by atoms with Crippen molar-refractivity contribution in [1.29, 1.82) is 0 Å². The van der Waals surface area contributed by atoms with Crippen molar-refractivity contribution in [3.05, 3.63) is 22.4 Å². The van der Waals surface area contributed by atoms with E-state index in [9.17, 15) is 9.59 Å². The molecule has 22 heavy (non-hydrogen) atoms. The number of ketones is 1. The molecule has 1 aromatic rings. The Hall–Kier alpha value is -1.24. The number of rotatable bonds is 4. The predicted molar refractivity (Wildman–Crippen MR) is 82.9 cm³/mol. The van der Waals surface area contributed by atoms with E-state index in [4.69, 9.17) is 9.47 Å². The number of likely N-dealkylation sites (tertiary alicyclic amines) is 1. The van der Waals surface area contributed by atoms with Crippen LogP contribution in [0.25, 0.3) is 0 Å². The van der Waals surface area contributed by atoms with Crippen molar-refractivity contribution in [3.63, 3.8) is 0 Å². The molecule has 2 fully saturated rings. The van der Waals surface area contributed by atoms with Crippen LogP contribution in [0.2, 0.25) is 0 Å². The molecular formula is C16H21NO4S. The zero-order chi connectivity index (χ0) is 15.6. The van der Waals surface area contributed by atoms with Crippen LogP contribution in [0.3, 0.4) is 0 Å². The van der Waals surface area contributed by atoms with Crippen molar-refractivity contribution < 1.29 is 19.1 Å². The summed E-state index contributed by atoms with van der Waals surface area (Å²) in [5, 5.41) is 1.88. The summed E-state index contributed by atoms with van der Waals surface area (Å²) in [5.74, 6) is -0.387. The van der Waals surface area contributed by atoms with E-state index in [1.807, 2.05) is 23.3 Å². The zero-order valence-electron chi connectivity index (χ0n) is 12.7. The van der Waals surface area contributed by atoms with Gasteiger partial charge in [0.15, 0.2) is 11.6 Å². The minimum Gasteiger partial charge on any atom is -0.347 e. The molecule has 5 nitrogen and oxygen atoms in total. The number of hydrogen-bond acceptors (Lipinski definition) is 5. The highest BCUT2D eigenvalue weighted by atomic mass is 32.1. The Morgan fingerprint density at radius 1 is 1.36 bits per heavy atom. The standard InChI is InChI=1S/C16H21NO4S/c1-12-11-20-16(21-12)6-8-17(9-7-16)15(19)5-4-13(18)14-3-2-10-22-14/h2-3,10,12H,4-9,11H2,1H3. The number of Topliss-reactive ketones (excluding diaryl/α,β-unsaturated/α-hetero) is 1. The summed E-state index contributed by atoms with van der Waals surface area (Å²) < 4.78 is 11.6. The minimum atomic E-state index is -0.483. The third-order valence-electron chi connectivity index (χ3n) is 4.24. The topological polar surface area (TPSA) is 55.8 Å². The summed E-state index contributed by atoms with van der Waals surface area (Å²) >= 11 is 1.42. The predicted octanol–water partition coefficient (Wildman–Crippen LogP) is 2.47. The lowest BCUT2D eigenvalue weighted by atomic mass is 10.0. The maximum atomic E-state index is 12.2. The van der Waals surface area contributed by atoms with E-state index in [0.29, 0.717) is 32.5 Å². The molecule has 0 saturated carbocycles. The summed E-state index contributed by atoms with van der Waals surface area (Å²) in [6.45, 7) is 3.91. The first-order chi connectivity index (χ1) is 10.6. The van der Waals surface area contributed by atoms with Crippen LogP contribution in [0.1, 0.15) is 42.3 Å². The van der Waals surface area contributed by atoms with Gasteiger partial charge in [-0.05, 0) is 18.4 Å². The number of thiophene rings is 1. The first kappa shape index (κ1) is 15.6. The van der Waals surface area contributed by atoms with Gasteiger partial charge in [0.25, 0.3) is 0 Å². The third-order valence-corrected chi connectivity index (χ3v) is 5.15. The minimum absolute atomic E-state index is 0.0470. The first-order valence-electron chi connectivity index (χ1n) is 7.74. The fourth-order valence-electron chi connectivity index (χ4n) is 3.00. The van der Waals surface area contributed by atoms with Crippen LogP contribution in [-0.4, -0.2) is 48.2 Å². The highest BCUT2D eigenvalue weighted by molar-refractivity contribution is 7.12. The molecule has 1 aromatic heterocycles. The summed E-state index contributed by atoms with van der Waals surface area (Å²) in [5.41, 5.74) is 0. The van der Waals surface area contributed by atoms with Gasteiger partial charge in [-0.2, -0.15) is 0 Å². The van der Waals surface area contributed by atoms with E-state index in [0.717, 1.165) is 4.88 Å². The van der Waals surface area contributed by atoms with Crippen molar-refractivity contribution in [3.8, 4) is 0 Å². The molecule has 1 unspecified atom stereocenters. The molecular weight excluding hydrogens is 302 g/mol. The lowest BCUT2D eigenvalue weighted by Gasteiger charge is -2.37. The molecule has 2 saturated heterocycles. The lowest BCUT2D eigenvalue weighted by Crippen LogP contribution is -2.47. The Labute approximate surface area is 134 Å². The van der Waals surface area contributed by atoms with Crippen LogP contribution in [0.5, 0.6) is 0 Å².